The van der Waals surface area contributed by atoms with Crippen LogP contribution in [0.15, 0.2) is 35.4 Å². The monoisotopic (exact) mass is 215 g/mol. The lowest BCUT2D eigenvalue weighted by molar-refractivity contribution is 0.0835. The van der Waals surface area contributed by atoms with Crippen LogP contribution in [-0.4, -0.2) is 23.9 Å². The number of rotatable bonds is 4. The molecule has 80 valence electrons. The minimum absolute atomic E-state index is 0.0859. The highest BCUT2D eigenvalue weighted by Crippen LogP contribution is 2.03. The van der Waals surface area contributed by atoms with Crippen LogP contribution >= 0.6 is 0 Å². The number of azide groups is 1. The van der Waals surface area contributed by atoms with Crippen LogP contribution in [0.3, 0.4) is 0 Å². The van der Waals surface area contributed by atoms with E-state index in [0.717, 1.165) is 4.90 Å². The average Bonchev–Trinajstić information content (AvgIpc) is 2.35. The summed E-state index contributed by atoms with van der Waals surface area (Å²) in [4.78, 5) is 15.3. The first kappa shape index (κ1) is 11.6. The van der Waals surface area contributed by atoms with E-state index in [-0.39, 0.29) is 13.1 Å². The standard InChI is InChI=1S/C10H9N5O/c11-8-15(7-6-13-14-12)10(16)9-4-2-1-3-5-9/h1-5H,6-7H2. The van der Waals surface area contributed by atoms with Gasteiger partial charge in [-0.05, 0) is 17.7 Å². The Bertz CT molecular complexity index is 444. The molecule has 1 aromatic carbocycles. The summed E-state index contributed by atoms with van der Waals surface area (Å²) in [6, 6.07) is 8.47. The minimum Gasteiger partial charge on any atom is -0.268 e. The first-order chi connectivity index (χ1) is 7.79. The van der Waals surface area contributed by atoms with Crippen LogP contribution in [0.2, 0.25) is 0 Å². The van der Waals surface area contributed by atoms with Crippen molar-refractivity contribution in [3.05, 3.63) is 46.3 Å². The van der Waals surface area contributed by atoms with Crippen LogP contribution in [0.4, 0.5) is 0 Å². The topological polar surface area (TPSA) is 92.9 Å². The predicted molar refractivity (Wildman–Crippen MR) is 57.1 cm³/mol. The number of nitrogens with zero attached hydrogens (tertiary/aromatic N) is 5. The third-order valence-corrected chi connectivity index (χ3v) is 1.87. The van der Waals surface area contributed by atoms with E-state index in [9.17, 15) is 4.79 Å². The van der Waals surface area contributed by atoms with E-state index in [0.29, 0.717) is 5.56 Å². The molecule has 0 unspecified atom stereocenters. The zero-order chi connectivity index (χ0) is 11.8. The molecule has 0 aliphatic carbocycles. The van der Waals surface area contributed by atoms with Crippen molar-refractivity contribution in [1.82, 2.24) is 4.90 Å². The Morgan fingerprint density at radius 1 is 1.50 bits per heavy atom. The van der Waals surface area contributed by atoms with Gasteiger partial charge in [0.15, 0.2) is 6.19 Å². The predicted octanol–water partition coefficient (Wildman–Crippen LogP) is 1.92. The van der Waals surface area contributed by atoms with Gasteiger partial charge in [0.2, 0.25) is 0 Å². The molecule has 0 radical (unpaired) electrons. The fraction of sp³-hybridized carbons (Fsp3) is 0.200. The van der Waals surface area contributed by atoms with E-state index in [1.54, 1.807) is 36.5 Å². The van der Waals surface area contributed by atoms with Gasteiger partial charge in [-0.1, -0.05) is 23.3 Å². The summed E-state index contributed by atoms with van der Waals surface area (Å²) < 4.78 is 0. The number of hydrogen-bond donors (Lipinski definition) is 0. The van der Waals surface area contributed by atoms with Gasteiger partial charge in [0.25, 0.3) is 5.91 Å². The van der Waals surface area contributed by atoms with Crippen molar-refractivity contribution < 1.29 is 4.79 Å². The molecule has 1 rings (SSSR count). The highest BCUT2D eigenvalue weighted by atomic mass is 16.2. The van der Waals surface area contributed by atoms with Crippen molar-refractivity contribution in [2.45, 2.75) is 0 Å². The molecular formula is C10H9N5O. The highest BCUT2D eigenvalue weighted by molar-refractivity contribution is 5.95. The first-order valence-corrected chi connectivity index (χ1v) is 4.57. The normalized spacial score (nSPS) is 8.69. The van der Waals surface area contributed by atoms with E-state index in [2.05, 4.69) is 10.0 Å². The second kappa shape index (κ2) is 6.06. The van der Waals surface area contributed by atoms with Gasteiger partial charge in [-0.15, -0.1) is 0 Å². The van der Waals surface area contributed by atoms with Gasteiger partial charge < -0.3 is 0 Å². The molecule has 0 bridgehead atoms. The van der Waals surface area contributed by atoms with Crippen LogP contribution in [0.5, 0.6) is 0 Å². The van der Waals surface area contributed by atoms with Crippen molar-refractivity contribution in [2.24, 2.45) is 5.11 Å². The highest BCUT2D eigenvalue weighted by Gasteiger charge is 2.13. The van der Waals surface area contributed by atoms with Crippen molar-refractivity contribution >= 4 is 5.91 Å². The molecule has 16 heavy (non-hydrogen) atoms. The lowest BCUT2D eigenvalue weighted by atomic mass is 10.2. The Kier molecular flexibility index (Phi) is 4.38. The third kappa shape index (κ3) is 3.01. The Hall–Kier alpha value is -2.51. The van der Waals surface area contributed by atoms with Crippen LogP contribution in [0.25, 0.3) is 10.4 Å². The molecule has 6 heteroatoms. The maximum atomic E-state index is 11.7. The molecular weight excluding hydrogens is 206 g/mol. The largest absolute Gasteiger partial charge is 0.268 e. The lowest BCUT2D eigenvalue weighted by Crippen LogP contribution is -2.28. The van der Waals surface area contributed by atoms with Gasteiger partial charge in [0.1, 0.15) is 0 Å². The Morgan fingerprint density at radius 3 is 2.75 bits per heavy atom. The van der Waals surface area contributed by atoms with Gasteiger partial charge in [-0.3, -0.25) is 4.79 Å². The number of nitriles is 1. The zero-order valence-corrected chi connectivity index (χ0v) is 8.45. The van der Waals surface area contributed by atoms with E-state index in [4.69, 9.17) is 10.8 Å². The number of benzene rings is 1. The van der Waals surface area contributed by atoms with Crippen molar-refractivity contribution in [2.75, 3.05) is 13.1 Å². The van der Waals surface area contributed by atoms with E-state index in [1.807, 2.05) is 0 Å². The van der Waals surface area contributed by atoms with E-state index >= 15 is 0 Å². The molecule has 0 fully saturated rings. The van der Waals surface area contributed by atoms with Crippen LogP contribution in [0.1, 0.15) is 10.4 Å². The summed E-state index contributed by atoms with van der Waals surface area (Å²) in [6.07, 6.45) is 1.76. The van der Waals surface area contributed by atoms with Crippen LogP contribution in [-0.2, 0) is 0 Å². The quantitative estimate of drug-likeness (QED) is 0.252. The van der Waals surface area contributed by atoms with Gasteiger partial charge in [0, 0.05) is 23.6 Å². The second-order valence-corrected chi connectivity index (χ2v) is 2.88. The molecule has 1 aromatic rings. The maximum absolute atomic E-state index is 11.7. The van der Waals surface area contributed by atoms with Gasteiger partial charge in [-0.2, -0.15) is 5.26 Å². The molecule has 0 spiro atoms. The Morgan fingerprint density at radius 2 is 2.19 bits per heavy atom. The summed E-state index contributed by atoms with van der Waals surface area (Å²) in [7, 11) is 0. The minimum atomic E-state index is -0.392. The summed E-state index contributed by atoms with van der Waals surface area (Å²) in [5.74, 6) is -0.392. The molecule has 0 saturated carbocycles. The van der Waals surface area contributed by atoms with Gasteiger partial charge >= 0.3 is 0 Å². The molecule has 6 nitrogen and oxygen atoms in total. The maximum Gasteiger partial charge on any atom is 0.266 e. The van der Waals surface area contributed by atoms with Crippen LogP contribution < -0.4 is 0 Å². The fourth-order valence-electron chi connectivity index (χ4n) is 1.12. The SMILES string of the molecule is N#CN(CCN=[N+]=[N-])C(=O)c1ccccc1. The van der Waals surface area contributed by atoms with Gasteiger partial charge in [0.05, 0.1) is 0 Å². The van der Waals surface area contributed by atoms with E-state index < -0.39 is 5.91 Å². The molecule has 0 heterocycles. The summed E-state index contributed by atoms with van der Waals surface area (Å²) in [5.41, 5.74) is 8.51. The Labute approximate surface area is 92.3 Å². The molecule has 0 N–H and O–H groups in total. The molecule has 0 atom stereocenters. The Balaban J connectivity index is 2.71. The van der Waals surface area contributed by atoms with Crippen molar-refractivity contribution in [3.8, 4) is 6.19 Å². The molecule has 0 saturated heterocycles. The van der Waals surface area contributed by atoms with Crippen molar-refractivity contribution in [3.63, 3.8) is 0 Å². The number of carbonyl (C=O) groups excluding carboxylic acids is 1. The third-order valence-electron chi connectivity index (χ3n) is 1.87. The first-order valence-electron chi connectivity index (χ1n) is 4.57. The lowest BCUT2D eigenvalue weighted by Gasteiger charge is -2.11. The smallest absolute Gasteiger partial charge is 0.266 e. The summed E-state index contributed by atoms with van der Waals surface area (Å²) in [5, 5.41) is 12.0. The van der Waals surface area contributed by atoms with Crippen molar-refractivity contribution in [1.29, 1.82) is 5.26 Å². The number of hydrogen-bond acceptors (Lipinski definition) is 3. The summed E-state index contributed by atoms with van der Waals surface area (Å²) in [6.45, 7) is 0.178. The van der Waals surface area contributed by atoms with Gasteiger partial charge in [-0.25, -0.2) is 4.90 Å². The zero-order valence-electron chi connectivity index (χ0n) is 8.45. The fourth-order valence-corrected chi connectivity index (χ4v) is 1.12. The second-order valence-electron chi connectivity index (χ2n) is 2.88. The molecule has 0 aliphatic rings. The molecule has 0 aliphatic heterocycles. The molecule has 1 amide bonds. The average molecular weight is 215 g/mol. The number of amides is 1. The van der Waals surface area contributed by atoms with E-state index in [1.165, 1.54) is 0 Å². The number of carbonyl (C=O) groups is 1. The van der Waals surface area contributed by atoms with Crippen LogP contribution in [0, 0.1) is 11.5 Å². The summed E-state index contributed by atoms with van der Waals surface area (Å²) >= 11 is 0. The molecule has 0 aromatic heterocycles.